The Hall–Kier alpha value is -2.55. The summed E-state index contributed by atoms with van der Waals surface area (Å²) in [7, 11) is 0. The average molecular weight is 383 g/mol. The van der Waals surface area contributed by atoms with Crippen molar-refractivity contribution in [2.24, 2.45) is 0 Å². The van der Waals surface area contributed by atoms with Crippen molar-refractivity contribution in [3.63, 3.8) is 0 Å². The minimum absolute atomic E-state index is 0.270. The number of aromatic nitrogens is 3. The van der Waals surface area contributed by atoms with Crippen molar-refractivity contribution >= 4 is 28.1 Å². The molecule has 0 amide bonds. The van der Waals surface area contributed by atoms with Gasteiger partial charge in [-0.1, -0.05) is 17.4 Å². The molecule has 3 aromatic rings. The van der Waals surface area contributed by atoms with Crippen LogP contribution >= 0.6 is 11.3 Å². The van der Waals surface area contributed by atoms with Crippen LogP contribution in [0.25, 0.3) is 10.6 Å². The number of aliphatic hydroxyl groups excluding tert-OH is 2. The second-order valence-electron chi connectivity index (χ2n) is 6.58. The number of hydrogen-bond donors (Lipinski definition) is 3. The smallest absolute Gasteiger partial charge is 0.185 e. The third-order valence-corrected chi connectivity index (χ3v) is 5.53. The summed E-state index contributed by atoms with van der Waals surface area (Å²) in [6, 6.07) is 9.35. The molecule has 7 nitrogen and oxygen atoms in total. The molecule has 1 saturated heterocycles. The van der Waals surface area contributed by atoms with E-state index < -0.39 is 6.10 Å². The highest BCUT2D eigenvalue weighted by Crippen LogP contribution is 2.32. The number of pyridine rings is 2. The largest absolute Gasteiger partial charge is 0.391 e. The average Bonchev–Trinajstić information content (AvgIpc) is 3.31. The third-order valence-electron chi connectivity index (χ3n) is 4.45. The van der Waals surface area contributed by atoms with Crippen LogP contribution in [0.1, 0.15) is 25.0 Å². The lowest BCUT2D eigenvalue weighted by Crippen LogP contribution is -2.20. The summed E-state index contributed by atoms with van der Waals surface area (Å²) < 4.78 is 0. The van der Waals surface area contributed by atoms with Crippen LogP contribution in [0.5, 0.6) is 0 Å². The van der Waals surface area contributed by atoms with Crippen LogP contribution < -0.4 is 10.2 Å². The van der Waals surface area contributed by atoms with Crippen LogP contribution in [0.3, 0.4) is 0 Å². The van der Waals surface area contributed by atoms with Gasteiger partial charge in [0.05, 0.1) is 22.8 Å². The van der Waals surface area contributed by atoms with Crippen LogP contribution in [0.4, 0.5) is 16.8 Å². The molecule has 0 aromatic carbocycles. The molecule has 4 heterocycles. The van der Waals surface area contributed by atoms with Crippen molar-refractivity contribution < 1.29 is 10.2 Å². The van der Waals surface area contributed by atoms with Gasteiger partial charge in [0.2, 0.25) is 0 Å². The van der Waals surface area contributed by atoms with Gasteiger partial charge in [0.25, 0.3) is 0 Å². The number of hydrogen-bond acceptors (Lipinski definition) is 8. The van der Waals surface area contributed by atoms with Crippen molar-refractivity contribution in [2.45, 2.75) is 25.6 Å². The van der Waals surface area contributed by atoms with Gasteiger partial charge in [-0.05, 0) is 43.2 Å². The summed E-state index contributed by atoms with van der Waals surface area (Å²) in [6.45, 7) is 3.18. The molecule has 0 aliphatic carbocycles. The summed E-state index contributed by atoms with van der Waals surface area (Å²) in [6.07, 6.45) is 3.45. The molecule has 0 spiro atoms. The third kappa shape index (κ3) is 4.08. The molecule has 1 unspecified atom stereocenters. The Kier molecular flexibility index (Phi) is 5.02. The van der Waals surface area contributed by atoms with Crippen molar-refractivity contribution in [1.82, 2.24) is 15.0 Å². The maximum Gasteiger partial charge on any atom is 0.185 e. The van der Waals surface area contributed by atoms with Gasteiger partial charge < -0.3 is 20.4 Å². The highest BCUT2D eigenvalue weighted by atomic mass is 32.1. The number of rotatable bonds is 5. The standard InChI is InChI=1S/C19H21N5O2S/c1-12(25)13-5-7-20-18(9-13)23-17-4-2-3-15(22-17)16-10-21-19(27-16)24-8-6-14(26)11-24/h2-5,7,9-10,12,14,25-26H,6,8,11H2,1H3,(H,20,22,23)/t12?,14-/m1/s1. The zero-order valence-corrected chi connectivity index (χ0v) is 15.7. The molecule has 27 heavy (non-hydrogen) atoms. The Morgan fingerprint density at radius 1 is 1.26 bits per heavy atom. The van der Waals surface area contributed by atoms with Crippen molar-refractivity contribution in [2.75, 3.05) is 23.3 Å². The van der Waals surface area contributed by atoms with Gasteiger partial charge in [-0.2, -0.15) is 0 Å². The molecule has 1 aliphatic rings. The minimum Gasteiger partial charge on any atom is -0.391 e. The Morgan fingerprint density at radius 2 is 2.15 bits per heavy atom. The van der Waals surface area contributed by atoms with Crippen LogP contribution in [-0.4, -0.2) is 44.4 Å². The fourth-order valence-electron chi connectivity index (χ4n) is 2.99. The van der Waals surface area contributed by atoms with E-state index in [4.69, 9.17) is 0 Å². The first kappa shape index (κ1) is 17.8. The van der Waals surface area contributed by atoms with E-state index in [1.54, 1.807) is 30.5 Å². The highest BCUT2D eigenvalue weighted by molar-refractivity contribution is 7.18. The SMILES string of the molecule is CC(O)c1ccnc(Nc2cccc(-c3cnc(N4CC[C@@H](O)C4)s3)n2)c1. The molecule has 0 saturated carbocycles. The lowest BCUT2D eigenvalue weighted by atomic mass is 10.2. The Balaban J connectivity index is 1.53. The lowest BCUT2D eigenvalue weighted by molar-refractivity contribution is 0.198. The van der Waals surface area contributed by atoms with Crippen LogP contribution in [0.2, 0.25) is 0 Å². The van der Waals surface area contributed by atoms with Crippen molar-refractivity contribution in [1.29, 1.82) is 0 Å². The van der Waals surface area contributed by atoms with E-state index in [2.05, 4.69) is 25.2 Å². The fourth-order valence-corrected chi connectivity index (χ4v) is 3.91. The molecule has 4 rings (SSSR count). The quantitative estimate of drug-likeness (QED) is 0.623. The summed E-state index contributed by atoms with van der Waals surface area (Å²) >= 11 is 1.57. The summed E-state index contributed by atoms with van der Waals surface area (Å²) in [5.41, 5.74) is 1.62. The maximum absolute atomic E-state index is 9.72. The number of aliphatic hydroxyl groups is 2. The molecule has 2 atom stereocenters. The molecular weight excluding hydrogens is 362 g/mol. The Labute approximate surface area is 161 Å². The van der Waals surface area contributed by atoms with E-state index in [-0.39, 0.29) is 6.10 Å². The topological polar surface area (TPSA) is 94.4 Å². The first-order valence-corrected chi connectivity index (χ1v) is 9.67. The predicted octanol–water partition coefficient (Wildman–Crippen LogP) is 2.97. The maximum atomic E-state index is 9.72. The van der Waals surface area contributed by atoms with Gasteiger partial charge in [0.1, 0.15) is 11.6 Å². The predicted molar refractivity (Wildman–Crippen MR) is 106 cm³/mol. The monoisotopic (exact) mass is 383 g/mol. The molecule has 140 valence electrons. The first-order valence-electron chi connectivity index (χ1n) is 8.86. The van der Waals surface area contributed by atoms with Crippen LogP contribution in [-0.2, 0) is 0 Å². The summed E-state index contributed by atoms with van der Waals surface area (Å²) in [4.78, 5) is 16.5. The Morgan fingerprint density at radius 3 is 2.93 bits per heavy atom. The molecule has 0 bridgehead atoms. The second kappa shape index (κ2) is 7.59. The highest BCUT2D eigenvalue weighted by Gasteiger charge is 2.23. The zero-order chi connectivity index (χ0) is 18.8. The molecule has 1 aliphatic heterocycles. The van der Waals surface area contributed by atoms with E-state index in [1.807, 2.05) is 30.5 Å². The number of thiazole rings is 1. The lowest BCUT2D eigenvalue weighted by Gasteiger charge is -2.12. The van der Waals surface area contributed by atoms with E-state index in [0.29, 0.717) is 18.2 Å². The van der Waals surface area contributed by atoms with Gasteiger partial charge in [0, 0.05) is 25.5 Å². The zero-order valence-electron chi connectivity index (χ0n) is 14.9. The van der Waals surface area contributed by atoms with Gasteiger partial charge in [-0.15, -0.1) is 0 Å². The number of nitrogens with one attached hydrogen (secondary N) is 1. The van der Waals surface area contributed by atoms with Gasteiger partial charge in [-0.25, -0.2) is 15.0 Å². The summed E-state index contributed by atoms with van der Waals surface area (Å²) in [5, 5.41) is 23.5. The number of anilines is 3. The molecule has 1 fully saturated rings. The molecule has 8 heteroatoms. The van der Waals surface area contributed by atoms with E-state index in [0.717, 1.165) is 34.2 Å². The van der Waals surface area contributed by atoms with E-state index in [9.17, 15) is 10.2 Å². The fraction of sp³-hybridized carbons (Fsp3) is 0.316. The number of β-amino-alcohol motifs (C(OH)–C–C–N with tert-alkyl or cyclic N) is 1. The van der Waals surface area contributed by atoms with Crippen molar-refractivity contribution in [3.8, 4) is 10.6 Å². The number of nitrogens with zero attached hydrogens (tertiary/aromatic N) is 4. The molecule has 3 aromatic heterocycles. The Bertz CT molecular complexity index is 930. The first-order chi connectivity index (χ1) is 13.1. The summed E-state index contributed by atoms with van der Waals surface area (Å²) in [5.74, 6) is 1.31. The van der Waals surface area contributed by atoms with Crippen LogP contribution in [0.15, 0.2) is 42.7 Å². The van der Waals surface area contributed by atoms with Crippen molar-refractivity contribution in [3.05, 3.63) is 48.3 Å². The van der Waals surface area contributed by atoms with E-state index >= 15 is 0 Å². The van der Waals surface area contributed by atoms with Gasteiger partial charge in [-0.3, -0.25) is 0 Å². The van der Waals surface area contributed by atoms with Crippen LogP contribution in [0, 0.1) is 0 Å². The molecule has 0 radical (unpaired) electrons. The van der Waals surface area contributed by atoms with Gasteiger partial charge >= 0.3 is 0 Å². The normalized spacial score (nSPS) is 17.9. The molecule has 3 N–H and O–H groups in total. The molecular formula is C19H21N5O2S. The van der Waals surface area contributed by atoms with Gasteiger partial charge in [0.15, 0.2) is 5.13 Å². The second-order valence-corrected chi connectivity index (χ2v) is 7.59. The van der Waals surface area contributed by atoms with E-state index in [1.165, 1.54) is 0 Å². The minimum atomic E-state index is -0.549.